The SMILES string of the molecule is C.[O]=[Ru].[Pt]. The van der Waals surface area contributed by atoms with E-state index in [0.717, 1.165) is 18.3 Å². The molecule has 0 bridgehead atoms. The van der Waals surface area contributed by atoms with E-state index in [1.165, 1.54) is 0 Å². The van der Waals surface area contributed by atoms with Crippen LogP contribution >= 0.6 is 0 Å². The second-order valence-electron chi connectivity index (χ2n) is 0. The molecular formula is CH4OPtRu. The standard InChI is InChI=1S/CH4.O.Pt.Ru/h1H4;;;. The van der Waals surface area contributed by atoms with Crippen LogP contribution < -0.4 is 0 Å². The fourth-order valence-electron chi connectivity index (χ4n) is 0. The Kier molecular flexibility index (Phi) is 156. The van der Waals surface area contributed by atoms with Gasteiger partial charge in [-0.1, -0.05) is 7.43 Å². The molecule has 0 aliphatic rings. The molecule has 0 N–H and O–H groups in total. The van der Waals surface area contributed by atoms with Crippen molar-refractivity contribution in [2.45, 2.75) is 7.43 Å². The van der Waals surface area contributed by atoms with Gasteiger partial charge in [0, 0.05) is 21.1 Å². The Morgan fingerprint density at radius 3 is 1.25 bits per heavy atom. The average molecular weight is 328 g/mol. The molecule has 0 aliphatic carbocycles. The molecule has 0 aliphatic heterocycles. The number of hydrogen-bond acceptors (Lipinski definition) is 1. The zero-order valence-corrected chi connectivity index (χ0v) is 5.09. The van der Waals surface area contributed by atoms with E-state index in [4.69, 9.17) is 3.57 Å². The molecule has 0 aromatic heterocycles. The first-order chi connectivity index (χ1) is 1.00. The van der Waals surface area contributed by atoms with E-state index in [2.05, 4.69) is 0 Å². The number of hydrogen-bond donors (Lipinski definition) is 0. The Morgan fingerprint density at radius 1 is 1.25 bits per heavy atom. The molecule has 0 aromatic rings. The molecule has 0 unspecified atom stereocenters. The molecule has 0 aromatic carbocycles. The Hall–Kier alpha value is 1.11. The Labute approximate surface area is 50.4 Å². The van der Waals surface area contributed by atoms with E-state index in [-0.39, 0.29) is 28.5 Å². The molecule has 0 radical (unpaired) electrons. The van der Waals surface area contributed by atoms with Crippen LogP contribution in [0.5, 0.6) is 0 Å². The van der Waals surface area contributed by atoms with Crippen molar-refractivity contribution in [1.82, 2.24) is 0 Å². The predicted molar refractivity (Wildman–Crippen MR) is 7.42 cm³/mol. The quantitative estimate of drug-likeness (QED) is 0.593. The van der Waals surface area contributed by atoms with Gasteiger partial charge in [0.2, 0.25) is 0 Å². The van der Waals surface area contributed by atoms with E-state index in [1.807, 2.05) is 0 Å². The number of rotatable bonds is 0. The fraction of sp³-hybridized carbons (Fsp3) is 1.00. The van der Waals surface area contributed by atoms with Crippen LogP contribution in [0, 0.1) is 0 Å². The maximum atomic E-state index is 8.18. The summed E-state index contributed by atoms with van der Waals surface area (Å²) in [5, 5.41) is 0. The largest absolute Gasteiger partial charge is 0 e. The van der Waals surface area contributed by atoms with Crippen LogP contribution in [-0.2, 0) is 42.9 Å². The van der Waals surface area contributed by atoms with Crippen molar-refractivity contribution < 1.29 is 42.9 Å². The minimum absolute atomic E-state index is 0. The smallest absolute Gasteiger partial charge is 0 e. The molecule has 0 rings (SSSR count). The topological polar surface area (TPSA) is 17.1 Å². The van der Waals surface area contributed by atoms with Crippen LogP contribution in [0.4, 0.5) is 0 Å². The molecule has 0 spiro atoms. The summed E-state index contributed by atoms with van der Waals surface area (Å²) >= 11 is 1.10. The van der Waals surface area contributed by atoms with E-state index >= 15 is 0 Å². The van der Waals surface area contributed by atoms with Gasteiger partial charge in [-0.2, -0.15) is 0 Å². The zero-order valence-electron chi connectivity index (χ0n) is 1.08. The molecule has 0 fully saturated rings. The van der Waals surface area contributed by atoms with E-state index < -0.39 is 0 Å². The third kappa shape index (κ3) is 11.2. The molecule has 0 saturated carbocycles. The summed E-state index contributed by atoms with van der Waals surface area (Å²) in [6.07, 6.45) is 0. The van der Waals surface area contributed by atoms with Crippen LogP contribution in [0.25, 0.3) is 0 Å². The van der Waals surface area contributed by atoms with E-state index in [0.29, 0.717) is 0 Å². The zero-order chi connectivity index (χ0) is 2.00. The molecule has 32 valence electrons. The van der Waals surface area contributed by atoms with Gasteiger partial charge in [-0.3, -0.25) is 0 Å². The van der Waals surface area contributed by atoms with Gasteiger partial charge in [0.25, 0.3) is 0 Å². The first kappa shape index (κ1) is 19.4. The summed E-state index contributed by atoms with van der Waals surface area (Å²) in [4.78, 5) is 0. The third-order valence-electron chi connectivity index (χ3n) is 0. The van der Waals surface area contributed by atoms with Crippen LogP contribution in [0.1, 0.15) is 7.43 Å². The van der Waals surface area contributed by atoms with Crippen molar-refractivity contribution in [2.75, 3.05) is 0 Å². The van der Waals surface area contributed by atoms with Crippen LogP contribution in [0.15, 0.2) is 0 Å². The van der Waals surface area contributed by atoms with Gasteiger partial charge >= 0.3 is 21.8 Å². The van der Waals surface area contributed by atoms with Crippen molar-refractivity contribution in [3.63, 3.8) is 0 Å². The second kappa shape index (κ2) is 32.2. The molecule has 1 nitrogen and oxygen atoms in total. The van der Waals surface area contributed by atoms with E-state index in [9.17, 15) is 0 Å². The molecule has 0 heterocycles. The summed E-state index contributed by atoms with van der Waals surface area (Å²) in [5.74, 6) is 0. The molecule has 0 atom stereocenters. The molecule has 3 heteroatoms. The van der Waals surface area contributed by atoms with E-state index in [1.54, 1.807) is 0 Å². The van der Waals surface area contributed by atoms with Gasteiger partial charge in [-0.05, 0) is 0 Å². The minimum atomic E-state index is 0. The second-order valence-corrected chi connectivity index (χ2v) is 0. The fourth-order valence-corrected chi connectivity index (χ4v) is 0. The Morgan fingerprint density at radius 2 is 1.25 bits per heavy atom. The van der Waals surface area contributed by atoms with Crippen molar-refractivity contribution in [2.24, 2.45) is 0 Å². The monoisotopic (exact) mass is 329 g/mol. The minimum Gasteiger partial charge on any atom is 0 e. The molecular weight excluding hydrogens is 324 g/mol. The van der Waals surface area contributed by atoms with Crippen molar-refractivity contribution in [1.29, 1.82) is 0 Å². The first-order valence-electron chi connectivity index (χ1n) is 0.144. The maximum Gasteiger partial charge on any atom is 0 e. The normalized spacial score (nSPS) is 1.25. The van der Waals surface area contributed by atoms with Crippen LogP contribution in [-0.4, -0.2) is 0 Å². The molecule has 0 amide bonds. The van der Waals surface area contributed by atoms with Gasteiger partial charge < -0.3 is 0 Å². The Balaban J connectivity index is -0.00000000500. The first-order valence-corrected chi connectivity index (χ1v) is 0.854. The van der Waals surface area contributed by atoms with Gasteiger partial charge in [0.15, 0.2) is 0 Å². The van der Waals surface area contributed by atoms with Crippen LogP contribution in [0.2, 0.25) is 0 Å². The van der Waals surface area contributed by atoms with Crippen LogP contribution in [0.3, 0.4) is 0 Å². The molecule has 0 saturated heterocycles. The van der Waals surface area contributed by atoms with Crippen molar-refractivity contribution in [3.05, 3.63) is 0 Å². The maximum absolute atomic E-state index is 8.18. The summed E-state index contributed by atoms with van der Waals surface area (Å²) < 4.78 is 8.18. The summed E-state index contributed by atoms with van der Waals surface area (Å²) in [7, 11) is 0. The Bertz CT molecular complexity index is 8.00. The van der Waals surface area contributed by atoms with Crippen molar-refractivity contribution in [3.8, 4) is 0 Å². The predicted octanol–water partition coefficient (Wildman–Crippen LogP) is 0.512. The summed E-state index contributed by atoms with van der Waals surface area (Å²) in [5.41, 5.74) is 0. The summed E-state index contributed by atoms with van der Waals surface area (Å²) in [6.45, 7) is 0. The van der Waals surface area contributed by atoms with Gasteiger partial charge in [-0.15, -0.1) is 0 Å². The molecule has 4 heavy (non-hydrogen) atoms. The summed E-state index contributed by atoms with van der Waals surface area (Å²) in [6, 6.07) is 0. The average Bonchev–Trinajstić information content (AvgIpc) is 1.00. The van der Waals surface area contributed by atoms with Gasteiger partial charge in [0.1, 0.15) is 0 Å². The van der Waals surface area contributed by atoms with Crippen molar-refractivity contribution >= 4 is 0 Å². The van der Waals surface area contributed by atoms with Gasteiger partial charge in [0.05, 0.1) is 0 Å². The third-order valence-corrected chi connectivity index (χ3v) is 0. The van der Waals surface area contributed by atoms with Gasteiger partial charge in [-0.25, -0.2) is 0 Å².